The number of carbonyl (C=O) groups is 2. The second kappa shape index (κ2) is 16.5. The molecule has 0 spiro atoms. The third-order valence-electron chi connectivity index (χ3n) is 5.03. The van der Waals surface area contributed by atoms with Crippen molar-refractivity contribution in [2.45, 2.75) is 43.0 Å². The normalized spacial score (nSPS) is 22.2. The van der Waals surface area contributed by atoms with Gasteiger partial charge in [0, 0.05) is 30.5 Å². The topological polar surface area (TPSA) is 133 Å². The van der Waals surface area contributed by atoms with Crippen LogP contribution in [0.15, 0.2) is 0 Å². The Balaban J connectivity index is 1.30. The van der Waals surface area contributed by atoms with Gasteiger partial charge in [-0.25, -0.2) is 4.79 Å². The summed E-state index contributed by atoms with van der Waals surface area (Å²) in [6, 6.07) is 0.444. The van der Waals surface area contributed by atoms with E-state index >= 15 is 0 Å². The Labute approximate surface area is 189 Å². The van der Waals surface area contributed by atoms with E-state index in [9.17, 15) is 9.59 Å². The van der Waals surface area contributed by atoms with E-state index in [2.05, 4.69) is 16.0 Å². The number of rotatable bonds is 19. The molecule has 0 saturated carbocycles. The lowest BCUT2D eigenvalue weighted by Gasteiger charge is -2.16. The molecule has 10 nitrogen and oxygen atoms in total. The number of hydrogen-bond acceptors (Lipinski definition) is 8. The van der Waals surface area contributed by atoms with Crippen molar-refractivity contribution in [2.75, 3.05) is 71.7 Å². The summed E-state index contributed by atoms with van der Waals surface area (Å²) in [5.74, 6) is 1.03. The van der Waals surface area contributed by atoms with Crippen LogP contribution in [0, 0.1) is 0 Å². The number of hydrogen-bond donors (Lipinski definition) is 4. The van der Waals surface area contributed by atoms with E-state index < -0.39 is 0 Å². The lowest BCUT2D eigenvalue weighted by Crippen LogP contribution is -2.36. The van der Waals surface area contributed by atoms with Gasteiger partial charge in [-0.2, -0.15) is 11.8 Å². The largest absolute Gasteiger partial charge is 0.378 e. The number of amides is 3. The second-order valence-corrected chi connectivity index (χ2v) is 8.73. The first kappa shape index (κ1) is 26.1. The second-order valence-electron chi connectivity index (χ2n) is 7.46. The summed E-state index contributed by atoms with van der Waals surface area (Å²) < 4.78 is 21.4. The molecule has 2 saturated heterocycles. The Kier molecular flexibility index (Phi) is 13.9. The highest BCUT2D eigenvalue weighted by atomic mass is 32.2. The third kappa shape index (κ3) is 11.4. The molecule has 5 N–H and O–H groups in total. The van der Waals surface area contributed by atoms with Crippen molar-refractivity contribution >= 4 is 23.7 Å². The summed E-state index contributed by atoms with van der Waals surface area (Å²) >= 11 is 1.91. The molecule has 0 aromatic carbocycles. The Morgan fingerprint density at radius 1 is 0.968 bits per heavy atom. The first-order chi connectivity index (χ1) is 15.2. The molecule has 0 aromatic rings. The maximum Gasteiger partial charge on any atom is 0.315 e. The van der Waals surface area contributed by atoms with Crippen LogP contribution in [0.2, 0.25) is 0 Å². The maximum absolute atomic E-state index is 11.9. The smallest absolute Gasteiger partial charge is 0.315 e. The summed E-state index contributed by atoms with van der Waals surface area (Å²) in [4.78, 5) is 23.3. The molecule has 3 amide bonds. The highest BCUT2D eigenvalue weighted by molar-refractivity contribution is 8.00. The summed E-state index contributed by atoms with van der Waals surface area (Å²) in [6.07, 6.45) is 3.40. The summed E-state index contributed by atoms with van der Waals surface area (Å²) in [5.41, 5.74) is 5.31. The van der Waals surface area contributed by atoms with E-state index in [4.69, 9.17) is 24.7 Å². The van der Waals surface area contributed by atoms with E-state index in [0.29, 0.717) is 77.6 Å². The molecule has 11 heteroatoms. The van der Waals surface area contributed by atoms with Crippen LogP contribution < -0.4 is 21.7 Å². The van der Waals surface area contributed by atoms with Gasteiger partial charge < -0.3 is 40.6 Å². The van der Waals surface area contributed by atoms with Crippen molar-refractivity contribution < 1.29 is 28.5 Å². The van der Waals surface area contributed by atoms with Crippen LogP contribution in [0.4, 0.5) is 4.79 Å². The Morgan fingerprint density at radius 2 is 1.61 bits per heavy atom. The zero-order valence-corrected chi connectivity index (χ0v) is 19.1. The van der Waals surface area contributed by atoms with E-state index in [0.717, 1.165) is 25.0 Å². The van der Waals surface area contributed by atoms with Crippen molar-refractivity contribution in [3.05, 3.63) is 0 Å². The molecular weight excluding hydrogens is 424 g/mol. The number of carbonyl (C=O) groups excluding carboxylic acids is 2. The fourth-order valence-electron chi connectivity index (χ4n) is 3.47. The van der Waals surface area contributed by atoms with Gasteiger partial charge in [0.2, 0.25) is 5.91 Å². The number of thioether (sulfide) groups is 1. The molecule has 2 aliphatic rings. The van der Waals surface area contributed by atoms with Crippen LogP contribution in [-0.2, 0) is 23.7 Å². The minimum atomic E-state index is -0.0530. The Hall–Kier alpha value is -1.11. The molecule has 0 aliphatic carbocycles. The lowest BCUT2D eigenvalue weighted by atomic mass is 10.0. The first-order valence-corrected chi connectivity index (χ1v) is 12.2. The van der Waals surface area contributed by atoms with Gasteiger partial charge in [-0.3, -0.25) is 4.79 Å². The number of fused-ring (bicyclic) bond motifs is 1. The SMILES string of the molecule is NCCOCCOCCOCCOCCNC(=O)CCCCC1SCC2NC(=O)NC21. The Morgan fingerprint density at radius 3 is 2.29 bits per heavy atom. The van der Waals surface area contributed by atoms with Crippen molar-refractivity contribution in [1.29, 1.82) is 0 Å². The Bertz CT molecular complexity index is 516. The molecule has 0 bridgehead atoms. The molecule has 3 atom stereocenters. The standard InChI is InChI=1S/C20H38N4O6S/c21-5-7-27-9-11-29-13-14-30-12-10-28-8-6-22-18(25)4-2-1-3-17-19-16(15-31-17)23-20(26)24-19/h16-17,19H,1-15,21H2,(H,22,25)(H2,23,24,26). The minimum absolute atomic E-state index is 0.0530. The summed E-state index contributed by atoms with van der Waals surface area (Å²) in [7, 11) is 0. The predicted molar refractivity (Wildman–Crippen MR) is 119 cm³/mol. The van der Waals surface area contributed by atoms with Gasteiger partial charge in [0.1, 0.15) is 0 Å². The van der Waals surface area contributed by atoms with Gasteiger partial charge in [-0.05, 0) is 12.8 Å². The van der Waals surface area contributed by atoms with Gasteiger partial charge in [-0.1, -0.05) is 6.42 Å². The average Bonchev–Trinajstić information content (AvgIpc) is 3.30. The molecule has 2 fully saturated rings. The summed E-state index contributed by atoms with van der Waals surface area (Å²) in [5, 5.41) is 9.27. The molecule has 2 heterocycles. The van der Waals surface area contributed by atoms with Crippen molar-refractivity contribution in [1.82, 2.24) is 16.0 Å². The summed E-state index contributed by atoms with van der Waals surface area (Å²) in [6.45, 7) is 5.16. The first-order valence-electron chi connectivity index (χ1n) is 11.2. The molecule has 2 rings (SSSR count). The average molecular weight is 463 g/mol. The van der Waals surface area contributed by atoms with Gasteiger partial charge in [0.05, 0.1) is 64.9 Å². The van der Waals surface area contributed by atoms with Crippen LogP contribution in [0.3, 0.4) is 0 Å². The number of nitrogens with two attached hydrogens (primary N) is 1. The highest BCUT2D eigenvalue weighted by Crippen LogP contribution is 2.33. The van der Waals surface area contributed by atoms with Gasteiger partial charge >= 0.3 is 6.03 Å². The number of nitrogens with one attached hydrogen (secondary N) is 3. The zero-order valence-electron chi connectivity index (χ0n) is 18.3. The van der Waals surface area contributed by atoms with Crippen molar-refractivity contribution in [3.8, 4) is 0 Å². The minimum Gasteiger partial charge on any atom is -0.378 e. The fraction of sp³-hybridized carbons (Fsp3) is 0.900. The van der Waals surface area contributed by atoms with E-state index in [-0.39, 0.29) is 24.0 Å². The van der Waals surface area contributed by atoms with Crippen LogP contribution in [-0.4, -0.2) is 101 Å². The molecule has 180 valence electrons. The number of ether oxygens (including phenoxy) is 4. The molecular formula is C20H38N4O6S. The van der Waals surface area contributed by atoms with E-state index in [1.807, 2.05) is 11.8 Å². The van der Waals surface area contributed by atoms with Gasteiger partial charge in [0.25, 0.3) is 0 Å². The van der Waals surface area contributed by atoms with Crippen LogP contribution in [0.25, 0.3) is 0 Å². The fourth-order valence-corrected chi connectivity index (χ4v) is 5.01. The van der Waals surface area contributed by atoms with Gasteiger partial charge in [-0.15, -0.1) is 0 Å². The third-order valence-corrected chi connectivity index (χ3v) is 6.54. The maximum atomic E-state index is 11.9. The number of urea groups is 1. The van der Waals surface area contributed by atoms with Crippen molar-refractivity contribution in [2.24, 2.45) is 5.73 Å². The molecule has 2 aliphatic heterocycles. The van der Waals surface area contributed by atoms with Crippen LogP contribution >= 0.6 is 11.8 Å². The zero-order chi connectivity index (χ0) is 22.2. The van der Waals surface area contributed by atoms with Gasteiger partial charge in [0.15, 0.2) is 0 Å². The lowest BCUT2D eigenvalue weighted by molar-refractivity contribution is -0.121. The van der Waals surface area contributed by atoms with Crippen LogP contribution in [0.1, 0.15) is 25.7 Å². The number of unbranched alkanes of at least 4 members (excludes halogenated alkanes) is 1. The predicted octanol–water partition coefficient (Wildman–Crippen LogP) is -0.146. The molecule has 0 radical (unpaired) electrons. The van der Waals surface area contributed by atoms with Crippen LogP contribution in [0.5, 0.6) is 0 Å². The monoisotopic (exact) mass is 462 g/mol. The highest BCUT2D eigenvalue weighted by Gasteiger charge is 2.42. The van der Waals surface area contributed by atoms with Crippen molar-refractivity contribution in [3.63, 3.8) is 0 Å². The molecule has 0 aromatic heterocycles. The molecule has 31 heavy (non-hydrogen) atoms. The quantitative estimate of drug-likeness (QED) is 0.154. The van der Waals surface area contributed by atoms with E-state index in [1.165, 1.54) is 0 Å². The van der Waals surface area contributed by atoms with E-state index in [1.54, 1.807) is 0 Å². The molecule has 3 unspecified atom stereocenters.